The summed E-state index contributed by atoms with van der Waals surface area (Å²) in [6, 6.07) is 16.0. The van der Waals surface area contributed by atoms with E-state index in [1.165, 1.54) is 11.6 Å². The van der Waals surface area contributed by atoms with Crippen LogP contribution in [-0.2, 0) is 18.4 Å². The van der Waals surface area contributed by atoms with Gasteiger partial charge in [-0.05, 0) is 23.1 Å². The van der Waals surface area contributed by atoms with Gasteiger partial charge >= 0.3 is 0 Å². The number of amides is 1. The second-order valence-corrected chi connectivity index (χ2v) is 7.24. The van der Waals surface area contributed by atoms with Gasteiger partial charge in [-0.3, -0.25) is 14.2 Å². The fourth-order valence-corrected chi connectivity index (χ4v) is 3.56. The molecule has 3 heterocycles. The third kappa shape index (κ3) is 4.27. The molecule has 4 aromatic rings. The molecule has 0 aliphatic rings. The van der Waals surface area contributed by atoms with Gasteiger partial charge in [-0.2, -0.15) is 10.2 Å². The Morgan fingerprint density at radius 1 is 1.14 bits per heavy atom. The van der Waals surface area contributed by atoms with E-state index < -0.39 is 0 Å². The first-order valence-electron chi connectivity index (χ1n) is 8.81. The maximum atomic E-state index is 12.2. The lowest BCUT2D eigenvalue weighted by Gasteiger charge is -2.00. The topological polar surface area (TPSA) is 64.7 Å². The SMILES string of the molecule is Cn1ccc(NC(=O)/C=C/c2cn(Cc3ccccc3)nc2-c2cccs2)n1. The summed E-state index contributed by atoms with van der Waals surface area (Å²) in [5.41, 5.74) is 2.94. The zero-order valence-electron chi connectivity index (χ0n) is 15.3. The third-order valence-electron chi connectivity index (χ3n) is 4.11. The molecule has 7 heteroatoms. The number of nitrogens with zero attached hydrogens (tertiary/aromatic N) is 4. The monoisotopic (exact) mass is 389 g/mol. The molecular weight excluding hydrogens is 370 g/mol. The van der Waals surface area contributed by atoms with Gasteiger partial charge in [0.05, 0.1) is 11.4 Å². The predicted octanol–water partition coefficient (Wildman–Crippen LogP) is 4.05. The fraction of sp³-hybridized carbons (Fsp3) is 0.0952. The van der Waals surface area contributed by atoms with E-state index in [2.05, 4.69) is 22.5 Å². The van der Waals surface area contributed by atoms with E-state index in [1.807, 2.05) is 46.6 Å². The van der Waals surface area contributed by atoms with Crippen LogP contribution in [0.2, 0.25) is 0 Å². The molecule has 1 aromatic carbocycles. The molecule has 1 N–H and O–H groups in total. The molecule has 0 aliphatic heterocycles. The lowest BCUT2D eigenvalue weighted by molar-refractivity contribution is -0.111. The number of rotatable bonds is 6. The summed E-state index contributed by atoms with van der Waals surface area (Å²) in [5, 5.41) is 13.7. The number of hydrogen-bond acceptors (Lipinski definition) is 4. The third-order valence-corrected chi connectivity index (χ3v) is 4.99. The van der Waals surface area contributed by atoms with Crippen LogP contribution in [0, 0.1) is 0 Å². The Morgan fingerprint density at radius 2 is 2.00 bits per heavy atom. The van der Waals surface area contributed by atoms with Crippen molar-refractivity contribution < 1.29 is 4.79 Å². The normalized spacial score (nSPS) is 11.2. The lowest BCUT2D eigenvalue weighted by Crippen LogP contribution is -2.08. The van der Waals surface area contributed by atoms with E-state index in [1.54, 1.807) is 41.4 Å². The summed E-state index contributed by atoms with van der Waals surface area (Å²) in [6.07, 6.45) is 7.05. The maximum Gasteiger partial charge on any atom is 0.249 e. The Hall–Kier alpha value is -3.45. The lowest BCUT2D eigenvalue weighted by atomic mass is 10.2. The minimum atomic E-state index is -0.230. The first-order valence-corrected chi connectivity index (χ1v) is 9.69. The zero-order chi connectivity index (χ0) is 19.3. The van der Waals surface area contributed by atoms with E-state index in [0.717, 1.165) is 16.1 Å². The minimum absolute atomic E-state index is 0.230. The van der Waals surface area contributed by atoms with Crippen LogP contribution in [0.4, 0.5) is 5.82 Å². The predicted molar refractivity (Wildman–Crippen MR) is 112 cm³/mol. The van der Waals surface area contributed by atoms with Gasteiger partial charge in [0.2, 0.25) is 5.91 Å². The van der Waals surface area contributed by atoms with Gasteiger partial charge in [-0.25, -0.2) is 0 Å². The van der Waals surface area contributed by atoms with Crippen molar-refractivity contribution in [2.24, 2.45) is 7.05 Å². The standard InChI is InChI=1S/C21H19N5OS/c1-25-12-11-19(23-25)22-20(27)10-9-17-15-26(14-16-6-3-2-4-7-16)24-21(17)18-8-5-13-28-18/h2-13,15H,14H2,1H3,(H,22,23,27)/b10-9+. The highest BCUT2D eigenvalue weighted by molar-refractivity contribution is 7.13. The van der Waals surface area contributed by atoms with Crippen molar-refractivity contribution >= 4 is 29.1 Å². The number of aryl methyl sites for hydroxylation is 1. The van der Waals surface area contributed by atoms with Gasteiger partial charge in [0.25, 0.3) is 0 Å². The number of aromatic nitrogens is 4. The molecule has 0 aliphatic carbocycles. The van der Waals surface area contributed by atoms with Crippen molar-refractivity contribution in [1.82, 2.24) is 19.6 Å². The van der Waals surface area contributed by atoms with E-state index in [9.17, 15) is 4.79 Å². The van der Waals surface area contributed by atoms with Crippen LogP contribution >= 0.6 is 11.3 Å². The highest BCUT2D eigenvalue weighted by Gasteiger charge is 2.11. The quantitative estimate of drug-likeness (QED) is 0.506. The van der Waals surface area contributed by atoms with E-state index >= 15 is 0 Å². The van der Waals surface area contributed by atoms with E-state index in [-0.39, 0.29) is 5.91 Å². The van der Waals surface area contributed by atoms with Crippen LogP contribution in [-0.4, -0.2) is 25.5 Å². The van der Waals surface area contributed by atoms with Crippen LogP contribution < -0.4 is 5.32 Å². The molecule has 0 saturated carbocycles. The van der Waals surface area contributed by atoms with Gasteiger partial charge in [-0.1, -0.05) is 36.4 Å². The maximum absolute atomic E-state index is 12.2. The van der Waals surface area contributed by atoms with Crippen molar-refractivity contribution in [1.29, 1.82) is 0 Å². The summed E-state index contributed by atoms with van der Waals surface area (Å²) in [7, 11) is 1.81. The molecule has 0 unspecified atom stereocenters. The van der Waals surface area contributed by atoms with Crippen molar-refractivity contribution in [3.05, 3.63) is 83.5 Å². The van der Waals surface area contributed by atoms with Gasteiger partial charge < -0.3 is 5.32 Å². The molecule has 0 spiro atoms. The Balaban J connectivity index is 1.56. The Morgan fingerprint density at radius 3 is 2.71 bits per heavy atom. The molecule has 0 bridgehead atoms. The average molecular weight is 389 g/mol. The van der Waals surface area contributed by atoms with Crippen molar-refractivity contribution in [3.63, 3.8) is 0 Å². The first kappa shape index (κ1) is 17.9. The number of thiophene rings is 1. The van der Waals surface area contributed by atoms with Crippen LogP contribution in [0.25, 0.3) is 16.6 Å². The summed E-state index contributed by atoms with van der Waals surface area (Å²) >= 11 is 1.63. The molecule has 28 heavy (non-hydrogen) atoms. The van der Waals surface area contributed by atoms with Gasteiger partial charge in [-0.15, -0.1) is 11.3 Å². The van der Waals surface area contributed by atoms with Crippen molar-refractivity contribution in [2.75, 3.05) is 5.32 Å². The summed E-state index contributed by atoms with van der Waals surface area (Å²) in [5.74, 6) is 0.294. The number of carbonyl (C=O) groups excluding carboxylic acids is 1. The highest BCUT2D eigenvalue weighted by atomic mass is 32.1. The molecule has 0 fully saturated rings. The Bertz CT molecular complexity index is 1090. The second-order valence-electron chi connectivity index (χ2n) is 6.29. The second kappa shape index (κ2) is 8.06. The largest absolute Gasteiger partial charge is 0.306 e. The Kier molecular flexibility index (Phi) is 5.16. The molecule has 6 nitrogen and oxygen atoms in total. The van der Waals surface area contributed by atoms with Gasteiger partial charge in [0.15, 0.2) is 5.82 Å². The average Bonchev–Trinajstić information content (AvgIpc) is 3.42. The van der Waals surface area contributed by atoms with Gasteiger partial charge in [0, 0.05) is 37.1 Å². The molecule has 4 rings (SSSR count). The van der Waals surface area contributed by atoms with Crippen molar-refractivity contribution in [3.8, 4) is 10.6 Å². The van der Waals surface area contributed by atoms with Crippen molar-refractivity contribution in [2.45, 2.75) is 6.54 Å². The van der Waals surface area contributed by atoms with Crippen LogP contribution in [0.5, 0.6) is 0 Å². The summed E-state index contributed by atoms with van der Waals surface area (Å²) in [4.78, 5) is 13.3. The van der Waals surface area contributed by atoms with E-state index in [4.69, 9.17) is 5.10 Å². The number of carbonyl (C=O) groups is 1. The molecule has 1 amide bonds. The molecule has 0 radical (unpaired) electrons. The molecular formula is C21H19N5OS. The zero-order valence-corrected chi connectivity index (χ0v) is 16.1. The van der Waals surface area contributed by atoms with Crippen LogP contribution in [0.15, 0.2) is 72.4 Å². The molecule has 3 aromatic heterocycles. The van der Waals surface area contributed by atoms with E-state index in [0.29, 0.717) is 12.4 Å². The fourth-order valence-electron chi connectivity index (χ4n) is 2.83. The van der Waals surface area contributed by atoms with Crippen LogP contribution in [0.1, 0.15) is 11.1 Å². The molecule has 0 saturated heterocycles. The number of anilines is 1. The molecule has 140 valence electrons. The smallest absolute Gasteiger partial charge is 0.249 e. The number of nitrogens with one attached hydrogen (secondary N) is 1. The summed E-state index contributed by atoms with van der Waals surface area (Å²) < 4.78 is 3.54. The van der Waals surface area contributed by atoms with Crippen LogP contribution in [0.3, 0.4) is 0 Å². The van der Waals surface area contributed by atoms with Gasteiger partial charge in [0.1, 0.15) is 5.69 Å². The number of hydrogen-bond donors (Lipinski definition) is 1. The minimum Gasteiger partial charge on any atom is -0.306 e. The Labute approximate surface area is 166 Å². The number of benzene rings is 1. The summed E-state index contributed by atoms with van der Waals surface area (Å²) in [6.45, 7) is 0.674. The first-order chi connectivity index (χ1) is 13.7. The molecule has 0 atom stereocenters. The highest BCUT2D eigenvalue weighted by Crippen LogP contribution is 2.27.